The van der Waals surface area contributed by atoms with Crippen molar-refractivity contribution in [3.8, 4) is 0 Å². The summed E-state index contributed by atoms with van der Waals surface area (Å²) in [6.07, 6.45) is 1.95. The zero-order valence-corrected chi connectivity index (χ0v) is 12.3. The van der Waals surface area contributed by atoms with Crippen LogP contribution in [0.1, 0.15) is 28.8 Å². The van der Waals surface area contributed by atoms with Crippen molar-refractivity contribution in [1.29, 1.82) is 0 Å². The van der Waals surface area contributed by atoms with Crippen LogP contribution in [0.25, 0.3) is 0 Å². The van der Waals surface area contributed by atoms with Gasteiger partial charge in [0.05, 0.1) is 10.6 Å². The highest BCUT2D eigenvalue weighted by Gasteiger charge is 2.34. The lowest BCUT2D eigenvalue weighted by atomic mass is 10.1. The third-order valence-corrected chi connectivity index (χ3v) is 4.41. The summed E-state index contributed by atoms with van der Waals surface area (Å²) in [7, 11) is 0. The van der Waals surface area contributed by atoms with E-state index in [1.807, 2.05) is 16.8 Å². The summed E-state index contributed by atoms with van der Waals surface area (Å²) in [5.74, 6) is -0.875. The summed E-state index contributed by atoms with van der Waals surface area (Å²) in [5.41, 5.74) is 1.05. The zero-order chi connectivity index (χ0) is 14.1. The van der Waals surface area contributed by atoms with Crippen molar-refractivity contribution in [2.45, 2.75) is 25.4 Å². The van der Waals surface area contributed by atoms with Gasteiger partial charge in [0.25, 0.3) is 5.91 Å². The van der Waals surface area contributed by atoms with Gasteiger partial charge in [0.2, 0.25) is 0 Å². The van der Waals surface area contributed by atoms with Crippen molar-refractivity contribution in [3.05, 3.63) is 57.0 Å². The first-order valence-corrected chi connectivity index (χ1v) is 7.75. The molecule has 0 aliphatic heterocycles. The fraction of sp³-hybridized carbons (Fsp3) is 0.267. The van der Waals surface area contributed by atoms with Crippen molar-refractivity contribution in [2.75, 3.05) is 0 Å². The van der Waals surface area contributed by atoms with E-state index in [1.54, 1.807) is 22.3 Å². The normalized spacial score (nSPS) is 14.3. The van der Waals surface area contributed by atoms with E-state index in [-0.39, 0.29) is 22.5 Å². The number of hydrogen-bond acceptors (Lipinski definition) is 2. The maximum absolute atomic E-state index is 13.9. The Morgan fingerprint density at radius 1 is 1.40 bits per heavy atom. The number of rotatable bonds is 4. The molecule has 0 spiro atoms. The molecule has 0 radical (unpaired) electrons. The molecule has 20 heavy (non-hydrogen) atoms. The molecule has 1 aliphatic carbocycles. The Morgan fingerprint density at radius 3 is 2.80 bits per heavy atom. The van der Waals surface area contributed by atoms with Crippen LogP contribution in [-0.4, -0.2) is 16.8 Å². The molecule has 0 N–H and O–H groups in total. The Kier molecular flexibility index (Phi) is 3.76. The number of carbonyl (C=O) groups is 1. The highest BCUT2D eigenvalue weighted by atomic mass is 35.5. The van der Waals surface area contributed by atoms with Crippen LogP contribution in [-0.2, 0) is 6.54 Å². The Labute approximate surface area is 125 Å². The molecular weight excluding hydrogens is 297 g/mol. The van der Waals surface area contributed by atoms with Gasteiger partial charge in [-0.1, -0.05) is 17.7 Å². The van der Waals surface area contributed by atoms with E-state index < -0.39 is 5.82 Å². The van der Waals surface area contributed by atoms with Gasteiger partial charge in [0.15, 0.2) is 0 Å². The Bertz CT molecular complexity index is 605. The third-order valence-electron chi connectivity index (χ3n) is 3.36. The molecule has 0 bridgehead atoms. The summed E-state index contributed by atoms with van der Waals surface area (Å²) in [4.78, 5) is 14.3. The number of hydrogen-bond donors (Lipinski definition) is 0. The van der Waals surface area contributed by atoms with Crippen LogP contribution in [0.3, 0.4) is 0 Å². The zero-order valence-electron chi connectivity index (χ0n) is 10.7. The minimum absolute atomic E-state index is 0.0173. The van der Waals surface area contributed by atoms with Crippen molar-refractivity contribution >= 4 is 28.8 Å². The first-order valence-electron chi connectivity index (χ1n) is 6.43. The van der Waals surface area contributed by atoms with Gasteiger partial charge in [-0.05, 0) is 47.4 Å². The molecule has 1 aromatic carbocycles. The largest absolute Gasteiger partial charge is 0.331 e. The van der Waals surface area contributed by atoms with Gasteiger partial charge in [-0.15, -0.1) is 0 Å². The van der Waals surface area contributed by atoms with E-state index in [0.29, 0.717) is 6.54 Å². The topological polar surface area (TPSA) is 20.3 Å². The van der Waals surface area contributed by atoms with E-state index in [1.165, 1.54) is 12.1 Å². The van der Waals surface area contributed by atoms with Crippen molar-refractivity contribution < 1.29 is 9.18 Å². The smallest absolute Gasteiger partial charge is 0.258 e. The molecule has 0 atom stereocenters. The van der Waals surface area contributed by atoms with Gasteiger partial charge in [-0.25, -0.2) is 4.39 Å². The number of thiophene rings is 1. The molecule has 2 aromatic rings. The Hall–Kier alpha value is -1.39. The fourth-order valence-electron chi connectivity index (χ4n) is 2.18. The van der Waals surface area contributed by atoms with Crippen molar-refractivity contribution in [2.24, 2.45) is 0 Å². The lowest BCUT2D eigenvalue weighted by Crippen LogP contribution is -2.33. The maximum atomic E-state index is 13.9. The second kappa shape index (κ2) is 5.54. The van der Waals surface area contributed by atoms with Crippen LogP contribution in [0, 0.1) is 5.82 Å². The van der Waals surface area contributed by atoms with E-state index in [0.717, 1.165) is 18.4 Å². The van der Waals surface area contributed by atoms with Gasteiger partial charge in [-0.2, -0.15) is 11.3 Å². The van der Waals surface area contributed by atoms with E-state index >= 15 is 0 Å². The number of halogens is 2. The van der Waals surface area contributed by atoms with Crippen LogP contribution in [0.4, 0.5) is 4.39 Å². The number of nitrogens with zero attached hydrogens (tertiary/aromatic N) is 1. The van der Waals surface area contributed by atoms with Crippen LogP contribution < -0.4 is 0 Å². The molecule has 1 saturated carbocycles. The summed E-state index contributed by atoms with van der Waals surface area (Å²) in [6, 6.07) is 6.52. The molecule has 2 nitrogen and oxygen atoms in total. The van der Waals surface area contributed by atoms with E-state index in [4.69, 9.17) is 11.6 Å². The first-order chi connectivity index (χ1) is 9.66. The molecule has 1 aromatic heterocycles. The second-order valence-corrected chi connectivity index (χ2v) is 6.08. The molecule has 1 amide bonds. The van der Waals surface area contributed by atoms with Crippen LogP contribution in [0.15, 0.2) is 35.0 Å². The lowest BCUT2D eigenvalue weighted by Gasteiger charge is -2.22. The molecule has 3 rings (SSSR count). The fourth-order valence-corrected chi connectivity index (χ4v) is 3.08. The quantitative estimate of drug-likeness (QED) is 0.822. The summed E-state index contributed by atoms with van der Waals surface area (Å²) >= 11 is 7.58. The average Bonchev–Trinajstić information content (AvgIpc) is 3.12. The summed E-state index contributed by atoms with van der Waals surface area (Å²) in [6.45, 7) is 0.512. The lowest BCUT2D eigenvalue weighted by molar-refractivity contribution is 0.0725. The molecule has 1 fully saturated rings. The van der Waals surface area contributed by atoms with Gasteiger partial charge in [0.1, 0.15) is 5.82 Å². The maximum Gasteiger partial charge on any atom is 0.258 e. The van der Waals surface area contributed by atoms with Crippen LogP contribution in [0.5, 0.6) is 0 Å². The monoisotopic (exact) mass is 309 g/mol. The predicted octanol–water partition coefficient (Wildman–Crippen LogP) is 4.35. The molecule has 1 aliphatic rings. The minimum Gasteiger partial charge on any atom is -0.331 e. The Balaban J connectivity index is 1.89. The van der Waals surface area contributed by atoms with E-state index in [2.05, 4.69) is 0 Å². The average molecular weight is 310 g/mol. The summed E-state index contributed by atoms with van der Waals surface area (Å²) in [5, 5.41) is 4.15. The van der Waals surface area contributed by atoms with Gasteiger partial charge in [0, 0.05) is 12.6 Å². The standard InChI is InChI=1S/C15H13ClFNOS/c16-12-2-1-3-13(17)14(12)15(19)18(11-4-5-11)8-10-6-7-20-9-10/h1-3,6-7,9,11H,4-5,8H2. The molecule has 0 saturated heterocycles. The first kappa shape index (κ1) is 13.6. The minimum atomic E-state index is -0.557. The molecular formula is C15H13ClFNOS. The Morgan fingerprint density at radius 2 is 2.20 bits per heavy atom. The SMILES string of the molecule is O=C(c1c(F)cccc1Cl)N(Cc1ccsc1)C1CC1. The molecule has 104 valence electrons. The number of carbonyl (C=O) groups excluding carboxylic acids is 1. The molecule has 1 heterocycles. The summed E-state index contributed by atoms with van der Waals surface area (Å²) < 4.78 is 13.9. The van der Waals surface area contributed by atoms with Gasteiger partial charge >= 0.3 is 0 Å². The predicted molar refractivity (Wildman–Crippen MR) is 78.6 cm³/mol. The third kappa shape index (κ3) is 2.72. The number of benzene rings is 1. The second-order valence-electron chi connectivity index (χ2n) is 4.89. The van der Waals surface area contributed by atoms with Gasteiger partial charge in [-0.3, -0.25) is 4.79 Å². The van der Waals surface area contributed by atoms with Crippen molar-refractivity contribution in [3.63, 3.8) is 0 Å². The highest BCUT2D eigenvalue weighted by Crippen LogP contribution is 2.32. The van der Waals surface area contributed by atoms with Gasteiger partial charge < -0.3 is 4.90 Å². The highest BCUT2D eigenvalue weighted by molar-refractivity contribution is 7.07. The molecule has 0 unspecified atom stereocenters. The number of amides is 1. The van der Waals surface area contributed by atoms with Crippen LogP contribution in [0.2, 0.25) is 5.02 Å². The van der Waals surface area contributed by atoms with Crippen LogP contribution >= 0.6 is 22.9 Å². The molecule has 5 heteroatoms. The van der Waals surface area contributed by atoms with E-state index in [9.17, 15) is 9.18 Å². The van der Waals surface area contributed by atoms with Crippen molar-refractivity contribution in [1.82, 2.24) is 4.90 Å².